The highest BCUT2D eigenvalue weighted by atomic mass is 16.2. The quantitative estimate of drug-likeness (QED) is 0.812. The van der Waals surface area contributed by atoms with Crippen molar-refractivity contribution in [2.75, 3.05) is 17.3 Å². The number of nitrogens with one attached hydrogen (secondary N) is 1. The van der Waals surface area contributed by atoms with Crippen LogP contribution in [0.5, 0.6) is 0 Å². The van der Waals surface area contributed by atoms with E-state index < -0.39 is 5.91 Å². The topological polar surface area (TPSA) is 92.5 Å². The van der Waals surface area contributed by atoms with Crippen molar-refractivity contribution in [3.63, 3.8) is 0 Å². The summed E-state index contributed by atoms with van der Waals surface area (Å²) in [6.45, 7) is 0. The number of hydrogen-bond donors (Lipinski definition) is 2. The van der Waals surface area contributed by atoms with Gasteiger partial charge in [0.2, 0.25) is 17.7 Å². The Balaban J connectivity index is 1.76. The number of para-hydroxylation sites is 1. The first-order chi connectivity index (χ1) is 12.0. The van der Waals surface area contributed by atoms with Gasteiger partial charge in [0.15, 0.2) is 0 Å². The van der Waals surface area contributed by atoms with Gasteiger partial charge in [-0.3, -0.25) is 14.4 Å². The molecule has 0 heterocycles. The Hall–Kier alpha value is -3.15. The molecule has 0 spiro atoms. The van der Waals surface area contributed by atoms with E-state index >= 15 is 0 Å². The van der Waals surface area contributed by atoms with Crippen molar-refractivity contribution in [2.45, 2.75) is 19.3 Å². The minimum Gasteiger partial charge on any atom is -0.366 e. The summed E-state index contributed by atoms with van der Waals surface area (Å²) in [6.07, 6.45) is 0.993. The van der Waals surface area contributed by atoms with Gasteiger partial charge < -0.3 is 16.0 Å². The predicted molar refractivity (Wildman–Crippen MR) is 97.3 cm³/mol. The fourth-order valence-corrected chi connectivity index (χ4v) is 2.30. The van der Waals surface area contributed by atoms with Gasteiger partial charge in [-0.1, -0.05) is 18.2 Å². The zero-order valence-corrected chi connectivity index (χ0v) is 14.1. The molecule has 130 valence electrons. The summed E-state index contributed by atoms with van der Waals surface area (Å²) in [7, 11) is 1.72. The lowest BCUT2D eigenvalue weighted by Gasteiger charge is -2.17. The molecule has 6 heteroatoms. The molecule has 0 fully saturated rings. The number of nitrogens with two attached hydrogens (primary N) is 1. The maximum atomic E-state index is 12.1. The van der Waals surface area contributed by atoms with Gasteiger partial charge in [0.1, 0.15) is 0 Å². The third-order valence-corrected chi connectivity index (χ3v) is 3.77. The number of carbonyl (C=O) groups is 3. The molecule has 3 N–H and O–H groups in total. The maximum absolute atomic E-state index is 12.1. The molecule has 2 rings (SSSR count). The van der Waals surface area contributed by atoms with E-state index in [9.17, 15) is 14.4 Å². The van der Waals surface area contributed by atoms with Crippen LogP contribution in [0.1, 0.15) is 29.6 Å². The van der Waals surface area contributed by atoms with Crippen LogP contribution < -0.4 is 16.0 Å². The fourth-order valence-electron chi connectivity index (χ4n) is 2.30. The zero-order valence-electron chi connectivity index (χ0n) is 14.1. The van der Waals surface area contributed by atoms with E-state index in [1.54, 1.807) is 36.2 Å². The van der Waals surface area contributed by atoms with Gasteiger partial charge in [-0.05, 0) is 42.8 Å². The number of nitrogens with zero attached hydrogens (tertiary/aromatic N) is 1. The highest BCUT2D eigenvalue weighted by molar-refractivity contribution is 5.95. The van der Waals surface area contributed by atoms with E-state index in [4.69, 9.17) is 5.73 Å². The van der Waals surface area contributed by atoms with Crippen LogP contribution in [0, 0.1) is 0 Å². The first-order valence-corrected chi connectivity index (χ1v) is 7.98. The molecule has 2 aromatic rings. The standard InChI is InChI=1S/C19H21N3O3/c1-22(16-6-3-2-4-7-16)18(24)9-5-8-17(23)21-15-12-10-14(11-13-15)19(20)25/h2-4,6-7,10-13H,5,8-9H2,1H3,(H2,20,25)(H,21,23). The molecule has 0 atom stereocenters. The number of anilines is 2. The SMILES string of the molecule is CN(C(=O)CCCC(=O)Nc1ccc(C(N)=O)cc1)c1ccccc1. The van der Waals surface area contributed by atoms with Crippen LogP contribution in [-0.2, 0) is 9.59 Å². The van der Waals surface area contributed by atoms with Crippen LogP contribution >= 0.6 is 0 Å². The zero-order chi connectivity index (χ0) is 18.2. The number of hydrogen-bond acceptors (Lipinski definition) is 3. The van der Waals surface area contributed by atoms with E-state index in [-0.39, 0.29) is 18.2 Å². The van der Waals surface area contributed by atoms with Crippen LogP contribution in [0.15, 0.2) is 54.6 Å². The smallest absolute Gasteiger partial charge is 0.248 e. The Morgan fingerprint density at radius 3 is 2.20 bits per heavy atom. The second-order valence-corrected chi connectivity index (χ2v) is 5.63. The second kappa shape index (κ2) is 8.63. The molecule has 6 nitrogen and oxygen atoms in total. The van der Waals surface area contributed by atoms with Crippen molar-refractivity contribution in [2.24, 2.45) is 5.73 Å². The summed E-state index contributed by atoms with van der Waals surface area (Å²) in [5.41, 5.74) is 6.96. The summed E-state index contributed by atoms with van der Waals surface area (Å²) in [4.78, 5) is 36.6. The molecule has 0 aliphatic rings. The third-order valence-electron chi connectivity index (χ3n) is 3.77. The van der Waals surface area contributed by atoms with E-state index in [2.05, 4.69) is 5.32 Å². The third kappa shape index (κ3) is 5.46. The number of primary amides is 1. The van der Waals surface area contributed by atoms with Crippen LogP contribution in [0.4, 0.5) is 11.4 Å². The molecule has 0 aliphatic carbocycles. The second-order valence-electron chi connectivity index (χ2n) is 5.63. The lowest BCUT2D eigenvalue weighted by atomic mass is 10.1. The Bertz CT molecular complexity index is 742. The summed E-state index contributed by atoms with van der Waals surface area (Å²) in [5.74, 6) is -0.731. The van der Waals surface area contributed by atoms with Gasteiger partial charge in [-0.25, -0.2) is 0 Å². The van der Waals surface area contributed by atoms with Gasteiger partial charge in [-0.15, -0.1) is 0 Å². The molecule has 0 aromatic heterocycles. The maximum Gasteiger partial charge on any atom is 0.248 e. The van der Waals surface area contributed by atoms with E-state index in [0.717, 1.165) is 5.69 Å². The Kier molecular flexibility index (Phi) is 6.28. The normalized spacial score (nSPS) is 10.1. The van der Waals surface area contributed by atoms with Crippen LogP contribution in [0.3, 0.4) is 0 Å². The van der Waals surface area contributed by atoms with Gasteiger partial charge in [0.25, 0.3) is 0 Å². The average molecular weight is 339 g/mol. The molecule has 0 aliphatic heterocycles. The van der Waals surface area contributed by atoms with Crippen molar-refractivity contribution in [3.8, 4) is 0 Å². The highest BCUT2D eigenvalue weighted by Gasteiger charge is 2.11. The minimum absolute atomic E-state index is 0.0372. The molecule has 3 amide bonds. The first-order valence-electron chi connectivity index (χ1n) is 7.98. The molecule has 0 bridgehead atoms. The summed E-state index contributed by atoms with van der Waals surface area (Å²) < 4.78 is 0. The number of amides is 3. The van der Waals surface area contributed by atoms with Crippen molar-refractivity contribution in [1.29, 1.82) is 0 Å². The number of benzene rings is 2. The molecule has 0 radical (unpaired) electrons. The number of carbonyl (C=O) groups excluding carboxylic acids is 3. The lowest BCUT2D eigenvalue weighted by molar-refractivity contribution is -0.118. The number of rotatable bonds is 7. The van der Waals surface area contributed by atoms with E-state index in [0.29, 0.717) is 24.1 Å². The molecular formula is C19H21N3O3. The fraction of sp³-hybridized carbons (Fsp3) is 0.211. The van der Waals surface area contributed by atoms with E-state index in [1.165, 1.54) is 0 Å². The van der Waals surface area contributed by atoms with Crippen molar-refractivity contribution in [1.82, 2.24) is 0 Å². The predicted octanol–water partition coefficient (Wildman–Crippen LogP) is 2.56. The van der Waals surface area contributed by atoms with Gasteiger partial charge in [0, 0.05) is 36.8 Å². The summed E-state index contributed by atoms with van der Waals surface area (Å²) in [6, 6.07) is 15.7. The molecule has 0 saturated heterocycles. The molecular weight excluding hydrogens is 318 g/mol. The van der Waals surface area contributed by atoms with Crippen LogP contribution in [0.2, 0.25) is 0 Å². The Morgan fingerprint density at radius 1 is 0.960 bits per heavy atom. The van der Waals surface area contributed by atoms with Crippen molar-refractivity contribution >= 4 is 29.1 Å². The minimum atomic E-state index is -0.515. The van der Waals surface area contributed by atoms with Crippen LogP contribution in [-0.4, -0.2) is 24.8 Å². The van der Waals surface area contributed by atoms with Crippen molar-refractivity contribution in [3.05, 3.63) is 60.2 Å². The van der Waals surface area contributed by atoms with Gasteiger partial charge >= 0.3 is 0 Å². The Morgan fingerprint density at radius 2 is 1.60 bits per heavy atom. The molecule has 2 aromatic carbocycles. The molecule has 0 saturated carbocycles. The highest BCUT2D eigenvalue weighted by Crippen LogP contribution is 2.14. The molecule has 25 heavy (non-hydrogen) atoms. The summed E-state index contributed by atoms with van der Waals surface area (Å²) in [5, 5.41) is 2.73. The molecule has 0 unspecified atom stereocenters. The lowest BCUT2D eigenvalue weighted by Crippen LogP contribution is -2.26. The monoisotopic (exact) mass is 339 g/mol. The van der Waals surface area contributed by atoms with Crippen LogP contribution in [0.25, 0.3) is 0 Å². The van der Waals surface area contributed by atoms with Gasteiger partial charge in [-0.2, -0.15) is 0 Å². The van der Waals surface area contributed by atoms with E-state index in [1.807, 2.05) is 30.3 Å². The Labute approximate surface area is 146 Å². The first kappa shape index (κ1) is 18.2. The summed E-state index contributed by atoms with van der Waals surface area (Å²) >= 11 is 0. The average Bonchev–Trinajstić information content (AvgIpc) is 2.62. The largest absolute Gasteiger partial charge is 0.366 e. The van der Waals surface area contributed by atoms with Crippen molar-refractivity contribution < 1.29 is 14.4 Å². The van der Waals surface area contributed by atoms with Gasteiger partial charge in [0.05, 0.1) is 0 Å².